The fraction of sp³-hybridized carbons (Fsp3) is 0.200. The van der Waals surface area contributed by atoms with E-state index < -0.39 is 0 Å². The van der Waals surface area contributed by atoms with Crippen LogP contribution in [-0.4, -0.2) is 25.6 Å². The monoisotopic (exact) mass is 295 g/mol. The molecule has 0 unspecified atom stereocenters. The fourth-order valence-electron chi connectivity index (χ4n) is 1.88. The van der Waals surface area contributed by atoms with Gasteiger partial charge in [-0.3, -0.25) is 0 Å². The van der Waals surface area contributed by atoms with Gasteiger partial charge in [-0.05, 0) is 29.7 Å². The van der Waals surface area contributed by atoms with Gasteiger partial charge in [0.05, 0.1) is 5.69 Å². The van der Waals surface area contributed by atoms with Crippen molar-refractivity contribution in [3.05, 3.63) is 45.9 Å². The van der Waals surface area contributed by atoms with Crippen molar-refractivity contribution in [2.75, 3.05) is 0 Å². The first-order chi connectivity index (χ1) is 10.3. The quantitative estimate of drug-likeness (QED) is 0.754. The van der Waals surface area contributed by atoms with E-state index in [1.807, 2.05) is 24.3 Å². The summed E-state index contributed by atoms with van der Waals surface area (Å²) in [5.74, 6) is 6.80. The van der Waals surface area contributed by atoms with Crippen LogP contribution in [0.4, 0.5) is 0 Å². The molecule has 0 aliphatic heterocycles. The zero-order chi connectivity index (χ0) is 14.5. The number of nitrogens with one attached hydrogen (secondary N) is 1. The second-order valence-corrected chi connectivity index (χ2v) is 5.32. The summed E-state index contributed by atoms with van der Waals surface area (Å²) in [6, 6.07) is 7.76. The van der Waals surface area contributed by atoms with E-state index in [4.69, 9.17) is 0 Å². The van der Waals surface area contributed by atoms with Gasteiger partial charge >= 0.3 is 0 Å². The maximum atomic E-state index is 4.49. The molecule has 1 N–H and O–H groups in total. The molecular weight excluding hydrogens is 282 g/mol. The van der Waals surface area contributed by atoms with Crippen molar-refractivity contribution in [3.63, 3.8) is 0 Å². The lowest BCUT2D eigenvalue weighted by molar-refractivity contribution is 0.881. The highest BCUT2D eigenvalue weighted by Gasteiger charge is 2.02. The van der Waals surface area contributed by atoms with Crippen molar-refractivity contribution < 1.29 is 0 Å². The fourth-order valence-corrected chi connectivity index (χ4v) is 2.58. The molecule has 0 radical (unpaired) electrons. The molecule has 0 saturated carbocycles. The summed E-state index contributed by atoms with van der Waals surface area (Å²) in [7, 11) is 0. The Morgan fingerprint density at radius 3 is 3.05 bits per heavy atom. The Kier molecular flexibility index (Phi) is 4.03. The van der Waals surface area contributed by atoms with E-state index in [1.54, 1.807) is 11.3 Å². The number of aryl methyl sites for hydroxylation is 1. The van der Waals surface area contributed by atoms with E-state index in [1.165, 1.54) is 0 Å². The van der Waals surface area contributed by atoms with Gasteiger partial charge in [-0.15, -0.1) is 21.5 Å². The number of tetrazole rings is 1. The summed E-state index contributed by atoms with van der Waals surface area (Å²) in [5, 5.41) is 16.9. The average Bonchev–Trinajstić information content (AvgIpc) is 3.18. The Hall–Kier alpha value is -2.52. The van der Waals surface area contributed by atoms with Crippen molar-refractivity contribution in [2.24, 2.45) is 0 Å². The predicted molar refractivity (Wildman–Crippen MR) is 81.7 cm³/mol. The number of aromatic nitrogens is 5. The molecule has 3 rings (SSSR count). The zero-order valence-corrected chi connectivity index (χ0v) is 12.3. The average molecular weight is 295 g/mol. The molecule has 0 aliphatic rings. The predicted octanol–water partition coefficient (Wildman–Crippen LogP) is 2.68. The normalized spacial score (nSPS) is 10.1. The summed E-state index contributed by atoms with van der Waals surface area (Å²) < 4.78 is 0. The summed E-state index contributed by atoms with van der Waals surface area (Å²) in [6.07, 6.45) is 2.11. The standard InChI is InChI=1S/C15H13N5S/c1-2-4-13-10-21-14(16-13)8-7-11-5-3-6-12(9-11)15-17-19-20-18-15/h3,5-6,9-10H,2,4H2,1H3,(H,17,18,19,20). The smallest absolute Gasteiger partial charge is 0.204 e. The third-order valence-corrected chi connectivity index (χ3v) is 3.64. The molecule has 0 fully saturated rings. The first kappa shape index (κ1) is 13.5. The van der Waals surface area contributed by atoms with Crippen LogP contribution in [0.1, 0.15) is 29.6 Å². The first-order valence-electron chi connectivity index (χ1n) is 6.65. The van der Waals surface area contributed by atoms with Crippen LogP contribution in [0.2, 0.25) is 0 Å². The number of thiazole rings is 1. The Morgan fingerprint density at radius 2 is 2.24 bits per heavy atom. The SMILES string of the molecule is CCCc1csc(C#Cc2cccc(-c3nn[nH]n3)c2)n1. The van der Waals surface area contributed by atoms with Crippen molar-refractivity contribution in [2.45, 2.75) is 19.8 Å². The Bertz CT molecular complexity index is 780. The highest BCUT2D eigenvalue weighted by Crippen LogP contribution is 2.15. The summed E-state index contributed by atoms with van der Waals surface area (Å²) >= 11 is 1.59. The molecule has 0 saturated heterocycles. The third-order valence-electron chi connectivity index (χ3n) is 2.84. The van der Waals surface area contributed by atoms with E-state index in [-0.39, 0.29) is 0 Å². The largest absolute Gasteiger partial charge is 0.233 e. The summed E-state index contributed by atoms with van der Waals surface area (Å²) in [4.78, 5) is 4.49. The van der Waals surface area contributed by atoms with Gasteiger partial charge in [-0.25, -0.2) is 4.98 Å². The molecule has 104 valence electrons. The number of hydrogen-bond donors (Lipinski definition) is 1. The van der Waals surface area contributed by atoms with E-state index in [0.717, 1.165) is 34.7 Å². The Labute approximate surface area is 126 Å². The molecule has 0 spiro atoms. The minimum atomic E-state index is 0.568. The lowest BCUT2D eigenvalue weighted by atomic mass is 10.1. The number of nitrogens with zero attached hydrogens (tertiary/aromatic N) is 4. The second-order valence-electron chi connectivity index (χ2n) is 4.46. The molecule has 3 aromatic rings. The first-order valence-corrected chi connectivity index (χ1v) is 7.53. The molecule has 0 amide bonds. The molecule has 0 aliphatic carbocycles. The van der Waals surface area contributed by atoms with Crippen LogP contribution in [-0.2, 0) is 6.42 Å². The van der Waals surface area contributed by atoms with E-state index >= 15 is 0 Å². The number of hydrogen-bond acceptors (Lipinski definition) is 5. The highest BCUT2D eigenvalue weighted by atomic mass is 32.1. The van der Waals surface area contributed by atoms with Crippen molar-refractivity contribution >= 4 is 11.3 Å². The Balaban J connectivity index is 1.82. The van der Waals surface area contributed by atoms with Gasteiger partial charge in [-0.1, -0.05) is 31.4 Å². The summed E-state index contributed by atoms with van der Waals surface area (Å²) in [5.41, 5.74) is 2.92. The van der Waals surface area contributed by atoms with Crippen molar-refractivity contribution in [3.8, 4) is 23.2 Å². The molecule has 2 heterocycles. The number of aromatic amines is 1. The highest BCUT2D eigenvalue weighted by molar-refractivity contribution is 7.10. The van der Waals surface area contributed by atoms with E-state index in [0.29, 0.717) is 5.82 Å². The van der Waals surface area contributed by atoms with Gasteiger partial charge in [0, 0.05) is 16.5 Å². The van der Waals surface area contributed by atoms with Gasteiger partial charge in [-0.2, -0.15) is 5.21 Å². The molecule has 0 atom stereocenters. The number of benzene rings is 1. The third kappa shape index (κ3) is 3.33. The minimum absolute atomic E-state index is 0.568. The molecule has 2 aromatic heterocycles. The van der Waals surface area contributed by atoms with Crippen molar-refractivity contribution in [1.82, 2.24) is 25.6 Å². The van der Waals surface area contributed by atoms with Gasteiger partial charge in [0.2, 0.25) is 5.82 Å². The van der Waals surface area contributed by atoms with Gasteiger partial charge in [0.15, 0.2) is 5.01 Å². The minimum Gasteiger partial charge on any atom is -0.233 e. The molecule has 0 bridgehead atoms. The number of rotatable bonds is 3. The van der Waals surface area contributed by atoms with Crippen LogP contribution >= 0.6 is 11.3 Å². The number of H-pyrrole nitrogens is 1. The van der Waals surface area contributed by atoms with E-state index in [2.05, 4.69) is 49.8 Å². The topological polar surface area (TPSA) is 67.3 Å². The second kappa shape index (κ2) is 6.29. The molecule has 5 nitrogen and oxygen atoms in total. The molecular formula is C15H13N5S. The van der Waals surface area contributed by atoms with E-state index in [9.17, 15) is 0 Å². The van der Waals surface area contributed by atoms with Gasteiger partial charge in [0.25, 0.3) is 0 Å². The molecule has 21 heavy (non-hydrogen) atoms. The van der Waals surface area contributed by atoms with Crippen LogP contribution < -0.4 is 0 Å². The van der Waals surface area contributed by atoms with Crippen LogP contribution in [0.15, 0.2) is 29.6 Å². The lowest BCUT2D eigenvalue weighted by Crippen LogP contribution is -1.84. The molecule has 6 heteroatoms. The summed E-state index contributed by atoms with van der Waals surface area (Å²) in [6.45, 7) is 2.15. The zero-order valence-electron chi connectivity index (χ0n) is 11.5. The lowest BCUT2D eigenvalue weighted by Gasteiger charge is -1.94. The van der Waals surface area contributed by atoms with Crippen LogP contribution in [0, 0.1) is 11.8 Å². The van der Waals surface area contributed by atoms with Gasteiger partial charge in [0.1, 0.15) is 0 Å². The van der Waals surface area contributed by atoms with Crippen LogP contribution in [0.3, 0.4) is 0 Å². The molecule has 1 aromatic carbocycles. The Morgan fingerprint density at radius 1 is 1.29 bits per heavy atom. The van der Waals surface area contributed by atoms with Crippen molar-refractivity contribution in [1.29, 1.82) is 0 Å². The maximum absolute atomic E-state index is 4.49. The van der Waals surface area contributed by atoms with Crippen LogP contribution in [0.25, 0.3) is 11.4 Å². The van der Waals surface area contributed by atoms with Crippen LogP contribution in [0.5, 0.6) is 0 Å². The van der Waals surface area contributed by atoms with Gasteiger partial charge < -0.3 is 0 Å². The maximum Gasteiger partial charge on any atom is 0.204 e.